The highest BCUT2D eigenvalue weighted by atomic mass is 35.5. The summed E-state index contributed by atoms with van der Waals surface area (Å²) in [5, 5.41) is 18.6. The first-order chi connectivity index (χ1) is 15.6. The predicted octanol–water partition coefficient (Wildman–Crippen LogP) is 6.12. The monoisotopic (exact) mass is 487 g/mol. The number of thioether (sulfide) groups is 1. The third-order valence-corrected chi connectivity index (χ3v) is 7.79. The maximum absolute atomic E-state index is 6.20. The predicted molar refractivity (Wildman–Crippen MR) is 125 cm³/mol. The van der Waals surface area contributed by atoms with Crippen LogP contribution in [0.3, 0.4) is 0 Å². The second-order valence-electron chi connectivity index (χ2n) is 7.58. The van der Waals surface area contributed by atoms with Crippen LogP contribution in [-0.2, 0) is 18.8 Å². The van der Waals surface area contributed by atoms with E-state index < -0.39 is 0 Å². The van der Waals surface area contributed by atoms with Gasteiger partial charge in [-0.05, 0) is 49.9 Å². The Labute approximate surface area is 199 Å². The van der Waals surface area contributed by atoms with Crippen molar-refractivity contribution in [2.24, 2.45) is 0 Å². The number of hydrogen-bond donors (Lipinski definition) is 0. The second-order valence-corrected chi connectivity index (χ2v) is 10.1. The number of nitrogens with zero attached hydrogens (tertiary/aromatic N) is 5. The van der Waals surface area contributed by atoms with Gasteiger partial charge in [-0.2, -0.15) is 0 Å². The van der Waals surface area contributed by atoms with Gasteiger partial charge in [0, 0.05) is 10.9 Å². The molecule has 0 atom stereocenters. The minimum Gasteiger partial charge on any atom is -0.484 e. The molecule has 1 aliphatic carbocycles. The van der Waals surface area contributed by atoms with E-state index in [1.807, 2.05) is 24.3 Å². The molecule has 0 radical (unpaired) electrons. The van der Waals surface area contributed by atoms with Crippen LogP contribution in [0.4, 0.5) is 0 Å². The van der Waals surface area contributed by atoms with Gasteiger partial charge in [-0.25, -0.2) is 0 Å². The molecule has 32 heavy (non-hydrogen) atoms. The fourth-order valence-electron chi connectivity index (χ4n) is 3.42. The molecule has 1 fully saturated rings. The van der Waals surface area contributed by atoms with E-state index in [2.05, 4.69) is 44.9 Å². The van der Waals surface area contributed by atoms with Crippen LogP contribution in [0.25, 0.3) is 10.8 Å². The van der Waals surface area contributed by atoms with E-state index in [0.29, 0.717) is 41.0 Å². The van der Waals surface area contributed by atoms with Crippen molar-refractivity contribution in [3.63, 3.8) is 0 Å². The summed E-state index contributed by atoms with van der Waals surface area (Å²) in [6.07, 6.45) is 3.24. The summed E-state index contributed by atoms with van der Waals surface area (Å²) in [6, 6.07) is 9.96. The van der Waals surface area contributed by atoms with Gasteiger partial charge in [-0.15, -0.1) is 31.7 Å². The number of halogens is 1. The lowest BCUT2D eigenvalue weighted by Gasteiger charge is -2.10. The largest absolute Gasteiger partial charge is 0.484 e. The van der Waals surface area contributed by atoms with Gasteiger partial charge in [-0.3, -0.25) is 4.57 Å². The van der Waals surface area contributed by atoms with Crippen molar-refractivity contribution in [1.29, 1.82) is 0 Å². The highest BCUT2D eigenvalue weighted by Crippen LogP contribution is 2.40. The number of ether oxygens (including phenoxy) is 1. The Kier molecular flexibility index (Phi) is 6.21. The van der Waals surface area contributed by atoms with Gasteiger partial charge in [0.2, 0.25) is 5.89 Å². The van der Waals surface area contributed by atoms with Crippen LogP contribution >= 0.6 is 34.7 Å². The molecule has 0 saturated heterocycles. The summed E-state index contributed by atoms with van der Waals surface area (Å²) < 4.78 is 14.0. The van der Waals surface area contributed by atoms with Gasteiger partial charge in [0.25, 0.3) is 5.89 Å². The fraction of sp³-hybridized carbons (Fsp3) is 0.364. The molecule has 3 aromatic heterocycles. The summed E-state index contributed by atoms with van der Waals surface area (Å²) in [7, 11) is 0. The van der Waals surface area contributed by atoms with Gasteiger partial charge in [0.1, 0.15) is 12.4 Å². The summed E-state index contributed by atoms with van der Waals surface area (Å²) >= 11 is 9.46. The van der Waals surface area contributed by atoms with E-state index >= 15 is 0 Å². The Bertz CT molecular complexity index is 1230. The number of benzene rings is 1. The summed E-state index contributed by atoms with van der Waals surface area (Å²) in [5.74, 6) is 3.12. The van der Waals surface area contributed by atoms with Crippen molar-refractivity contribution in [2.45, 2.75) is 56.7 Å². The fourth-order valence-corrected chi connectivity index (χ4v) is 5.51. The third kappa shape index (κ3) is 4.55. The zero-order chi connectivity index (χ0) is 22.1. The smallest absolute Gasteiger partial charge is 0.257 e. The van der Waals surface area contributed by atoms with E-state index in [0.717, 1.165) is 35.1 Å². The molecule has 4 aromatic rings. The number of rotatable bonds is 9. The first kappa shape index (κ1) is 21.5. The van der Waals surface area contributed by atoms with Crippen LogP contribution < -0.4 is 4.74 Å². The summed E-state index contributed by atoms with van der Waals surface area (Å²) in [4.78, 5) is 2.36. The molecule has 166 valence electrons. The molecule has 1 aliphatic rings. The zero-order valence-corrected chi connectivity index (χ0v) is 20.1. The number of para-hydroxylation sites is 1. The summed E-state index contributed by atoms with van der Waals surface area (Å²) in [5.41, 5.74) is 1.27. The molecule has 0 N–H and O–H groups in total. The van der Waals surface area contributed by atoms with E-state index in [1.54, 1.807) is 23.1 Å². The topological polar surface area (TPSA) is 78.9 Å². The highest BCUT2D eigenvalue weighted by molar-refractivity contribution is 7.98. The molecule has 1 aromatic carbocycles. The van der Waals surface area contributed by atoms with Crippen LogP contribution in [0, 0.1) is 6.92 Å². The lowest BCUT2D eigenvalue weighted by molar-refractivity contribution is 0.288. The van der Waals surface area contributed by atoms with Gasteiger partial charge >= 0.3 is 0 Å². The Balaban J connectivity index is 1.27. The van der Waals surface area contributed by atoms with Crippen molar-refractivity contribution in [3.8, 4) is 16.5 Å². The number of hydrogen-bond acceptors (Lipinski definition) is 8. The van der Waals surface area contributed by atoms with Crippen LogP contribution in [0.15, 0.2) is 39.9 Å². The molecule has 3 heterocycles. The van der Waals surface area contributed by atoms with Crippen molar-refractivity contribution in [1.82, 2.24) is 25.0 Å². The van der Waals surface area contributed by atoms with Gasteiger partial charge in [-0.1, -0.05) is 42.4 Å². The molecule has 5 rings (SSSR count). The van der Waals surface area contributed by atoms with Crippen LogP contribution in [0.1, 0.15) is 48.0 Å². The lowest BCUT2D eigenvalue weighted by atomic mass is 10.2. The number of aryl methyl sites for hydroxylation is 2. The van der Waals surface area contributed by atoms with Crippen molar-refractivity contribution < 1.29 is 9.15 Å². The maximum Gasteiger partial charge on any atom is 0.257 e. The average Bonchev–Trinajstić information content (AvgIpc) is 3.20. The zero-order valence-electron chi connectivity index (χ0n) is 17.7. The summed E-state index contributed by atoms with van der Waals surface area (Å²) in [6.45, 7) is 4.59. The molecule has 1 saturated carbocycles. The standard InChI is InChI=1S/C22H22ClN5O2S2/c1-3-17-13(2)10-18(32-17)21-26-25-20(30-21)12-31-22-27-24-19(28(22)14-8-9-14)11-29-16-7-5-4-6-15(16)23/h4-7,10,14H,3,8-9,11-12H2,1-2H3. The maximum atomic E-state index is 6.20. The third-order valence-electron chi connectivity index (χ3n) is 5.18. The molecule has 0 aliphatic heterocycles. The van der Waals surface area contributed by atoms with Gasteiger partial charge < -0.3 is 9.15 Å². The Hall–Kier alpha value is -2.36. The molecule has 7 nitrogen and oxygen atoms in total. The normalized spacial score (nSPS) is 13.6. The molecule has 0 spiro atoms. The highest BCUT2D eigenvalue weighted by Gasteiger charge is 2.30. The molecule has 10 heteroatoms. The van der Waals surface area contributed by atoms with E-state index in [9.17, 15) is 0 Å². The minimum absolute atomic E-state index is 0.315. The molecule has 0 bridgehead atoms. The SMILES string of the molecule is CCc1sc(-c2nnc(CSc3nnc(COc4ccccc4Cl)n3C3CC3)o2)cc1C. The van der Waals surface area contributed by atoms with Gasteiger partial charge in [0.15, 0.2) is 11.0 Å². The van der Waals surface area contributed by atoms with Crippen LogP contribution in [-0.4, -0.2) is 25.0 Å². The lowest BCUT2D eigenvalue weighted by Crippen LogP contribution is -2.07. The van der Waals surface area contributed by atoms with E-state index in [4.69, 9.17) is 20.8 Å². The van der Waals surface area contributed by atoms with Crippen molar-refractivity contribution >= 4 is 34.7 Å². The Morgan fingerprint density at radius 1 is 1.22 bits per heavy atom. The van der Waals surface area contributed by atoms with Gasteiger partial charge in [0.05, 0.1) is 15.7 Å². The quantitative estimate of drug-likeness (QED) is 0.263. The van der Waals surface area contributed by atoms with Crippen LogP contribution in [0.5, 0.6) is 5.75 Å². The Morgan fingerprint density at radius 2 is 2.06 bits per heavy atom. The second kappa shape index (κ2) is 9.25. The molecular formula is C22H22ClN5O2S2. The molecule has 0 amide bonds. The first-order valence-electron chi connectivity index (χ1n) is 10.5. The van der Waals surface area contributed by atoms with E-state index in [-0.39, 0.29) is 0 Å². The number of thiophene rings is 1. The molecular weight excluding hydrogens is 466 g/mol. The molecule has 0 unspecified atom stereocenters. The Morgan fingerprint density at radius 3 is 2.81 bits per heavy atom. The van der Waals surface area contributed by atoms with E-state index in [1.165, 1.54) is 10.4 Å². The first-order valence-corrected chi connectivity index (χ1v) is 12.7. The number of aromatic nitrogens is 5. The average molecular weight is 488 g/mol. The van der Waals surface area contributed by atoms with Crippen molar-refractivity contribution in [2.75, 3.05) is 0 Å². The van der Waals surface area contributed by atoms with Crippen molar-refractivity contribution in [3.05, 3.63) is 57.5 Å². The minimum atomic E-state index is 0.315. The van der Waals surface area contributed by atoms with Crippen LogP contribution in [0.2, 0.25) is 5.02 Å².